The summed E-state index contributed by atoms with van der Waals surface area (Å²) in [6.45, 7) is 3.60. The number of rotatable bonds is 3. The normalized spacial score (nSPS) is 32.8. The van der Waals surface area contributed by atoms with E-state index in [1.165, 1.54) is 0 Å². The standard InChI is InChI=1S/C21H18O4/c1-11(2)25-19(24)21-16-12-7-3-4-8-13(12)17(21)20(21,18(22)23)15-10-6-5-9-14(15)16/h3-11,16-17H,1-2H3,(H,22,23). The van der Waals surface area contributed by atoms with Crippen molar-refractivity contribution in [2.24, 2.45) is 5.41 Å². The van der Waals surface area contributed by atoms with Crippen LogP contribution in [0.5, 0.6) is 0 Å². The van der Waals surface area contributed by atoms with Gasteiger partial charge < -0.3 is 9.84 Å². The van der Waals surface area contributed by atoms with Crippen molar-refractivity contribution in [2.45, 2.75) is 37.2 Å². The molecule has 1 saturated carbocycles. The van der Waals surface area contributed by atoms with E-state index in [0.717, 1.165) is 22.3 Å². The minimum atomic E-state index is -1.20. The molecule has 0 aliphatic heterocycles. The summed E-state index contributed by atoms with van der Waals surface area (Å²) < 4.78 is 5.60. The maximum Gasteiger partial charge on any atom is 0.316 e. The molecule has 126 valence electrons. The molecule has 3 aliphatic rings. The summed E-state index contributed by atoms with van der Waals surface area (Å²) >= 11 is 0. The quantitative estimate of drug-likeness (QED) is 0.876. The molecule has 25 heavy (non-hydrogen) atoms. The van der Waals surface area contributed by atoms with Crippen LogP contribution in [0, 0.1) is 5.41 Å². The first-order valence-electron chi connectivity index (χ1n) is 8.61. The maximum absolute atomic E-state index is 13.2. The van der Waals surface area contributed by atoms with Gasteiger partial charge in [0.05, 0.1) is 6.10 Å². The molecule has 1 fully saturated rings. The summed E-state index contributed by atoms with van der Waals surface area (Å²) in [4.78, 5) is 25.8. The lowest BCUT2D eigenvalue weighted by atomic mass is 9.82. The van der Waals surface area contributed by atoms with Crippen LogP contribution in [0.3, 0.4) is 0 Å². The van der Waals surface area contributed by atoms with Crippen molar-refractivity contribution in [3.63, 3.8) is 0 Å². The van der Waals surface area contributed by atoms with E-state index in [9.17, 15) is 14.7 Å². The molecule has 0 amide bonds. The fourth-order valence-corrected chi connectivity index (χ4v) is 5.67. The first-order chi connectivity index (χ1) is 12.0. The van der Waals surface area contributed by atoms with Gasteiger partial charge in [-0.05, 0) is 36.1 Å². The molecule has 0 spiro atoms. The molecule has 2 aromatic carbocycles. The number of carbonyl (C=O) groups is 2. The largest absolute Gasteiger partial charge is 0.481 e. The van der Waals surface area contributed by atoms with E-state index in [2.05, 4.69) is 0 Å². The summed E-state index contributed by atoms with van der Waals surface area (Å²) in [6.07, 6.45) is -0.278. The average molecular weight is 334 g/mol. The average Bonchev–Trinajstić information content (AvgIpc) is 3.02. The van der Waals surface area contributed by atoms with Crippen LogP contribution in [-0.4, -0.2) is 23.1 Å². The number of ether oxygens (including phenoxy) is 1. The molecule has 0 bridgehead atoms. The number of benzene rings is 2. The van der Waals surface area contributed by atoms with Crippen molar-refractivity contribution >= 4 is 11.9 Å². The number of hydrogen-bond acceptors (Lipinski definition) is 3. The van der Waals surface area contributed by atoms with Crippen molar-refractivity contribution in [3.8, 4) is 0 Å². The van der Waals surface area contributed by atoms with E-state index in [-0.39, 0.29) is 23.9 Å². The highest BCUT2D eigenvalue weighted by Crippen LogP contribution is 2.89. The van der Waals surface area contributed by atoms with Gasteiger partial charge in [0.1, 0.15) is 10.8 Å². The summed E-state index contributed by atoms with van der Waals surface area (Å²) in [7, 11) is 0. The molecule has 0 heterocycles. The smallest absolute Gasteiger partial charge is 0.316 e. The van der Waals surface area contributed by atoms with Gasteiger partial charge in [0, 0.05) is 11.8 Å². The van der Waals surface area contributed by atoms with Crippen LogP contribution in [0.15, 0.2) is 48.5 Å². The minimum absolute atomic E-state index is 0.243. The predicted octanol–water partition coefficient (Wildman–Crippen LogP) is 3.20. The Hall–Kier alpha value is -2.62. The predicted molar refractivity (Wildman–Crippen MR) is 90.4 cm³/mol. The number of carboxylic acids is 1. The van der Waals surface area contributed by atoms with Crippen LogP contribution in [-0.2, 0) is 19.7 Å². The second-order valence-corrected chi connectivity index (χ2v) is 7.52. The minimum Gasteiger partial charge on any atom is -0.481 e. The van der Waals surface area contributed by atoms with Gasteiger partial charge in [-0.1, -0.05) is 48.5 Å². The molecule has 0 radical (unpaired) electrons. The fraction of sp³-hybridized carbons (Fsp3) is 0.333. The first kappa shape index (κ1) is 14.7. The van der Waals surface area contributed by atoms with E-state index in [4.69, 9.17) is 4.74 Å². The second-order valence-electron chi connectivity index (χ2n) is 7.52. The van der Waals surface area contributed by atoms with Crippen LogP contribution in [0.1, 0.15) is 47.9 Å². The van der Waals surface area contributed by atoms with Crippen molar-refractivity contribution in [1.82, 2.24) is 0 Å². The molecule has 4 nitrogen and oxygen atoms in total. The number of carboxylic acid groups (broad SMARTS) is 1. The number of esters is 1. The van der Waals surface area contributed by atoms with E-state index < -0.39 is 16.8 Å². The fourth-order valence-electron chi connectivity index (χ4n) is 5.67. The van der Waals surface area contributed by atoms with Crippen LogP contribution in [0.2, 0.25) is 0 Å². The molecular formula is C21H18O4. The lowest BCUT2D eigenvalue weighted by Crippen LogP contribution is -2.34. The molecular weight excluding hydrogens is 316 g/mol. The third-order valence-corrected chi connectivity index (χ3v) is 6.25. The molecule has 1 N–H and O–H groups in total. The Morgan fingerprint density at radius 3 is 2.24 bits per heavy atom. The van der Waals surface area contributed by atoms with Crippen LogP contribution in [0.25, 0.3) is 0 Å². The SMILES string of the molecule is CC(C)OC(=O)C12C3c4ccccc4C1C2(C(=O)O)c1ccccc13. The number of carbonyl (C=O) groups excluding carboxylic acids is 1. The Morgan fingerprint density at radius 2 is 1.60 bits per heavy atom. The molecule has 3 aliphatic carbocycles. The lowest BCUT2D eigenvalue weighted by molar-refractivity contribution is -0.158. The third-order valence-electron chi connectivity index (χ3n) is 6.25. The zero-order valence-corrected chi connectivity index (χ0v) is 14.0. The Labute approximate surface area is 145 Å². The van der Waals surface area contributed by atoms with Gasteiger partial charge in [-0.2, -0.15) is 0 Å². The Bertz CT molecular complexity index is 946. The highest BCUT2D eigenvalue weighted by atomic mass is 16.5. The van der Waals surface area contributed by atoms with Crippen LogP contribution < -0.4 is 0 Å². The topological polar surface area (TPSA) is 63.6 Å². The zero-order chi connectivity index (χ0) is 17.6. The van der Waals surface area contributed by atoms with Gasteiger partial charge >= 0.3 is 11.9 Å². The van der Waals surface area contributed by atoms with Crippen molar-refractivity contribution in [2.75, 3.05) is 0 Å². The molecule has 0 aromatic heterocycles. The van der Waals surface area contributed by atoms with Gasteiger partial charge in [-0.15, -0.1) is 0 Å². The van der Waals surface area contributed by atoms with E-state index in [0.29, 0.717) is 0 Å². The highest BCUT2D eigenvalue weighted by molar-refractivity contribution is 6.08. The Balaban J connectivity index is 1.84. The van der Waals surface area contributed by atoms with Gasteiger partial charge in [0.25, 0.3) is 0 Å². The summed E-state index contributed by atoms with van der Waals surface area (Å²) in [5.74, 6) is -1.90. The number of hydrogen-bond donors (Lipinski definition) is 1. The summed E-state index contributed by atoms with van der Waals surface area (Å²) in [5, 5.41) is 10.2. The van der Waals surface area contributed by atoms with Crippen LogP contribution in [0.4, 0.5) is 0 Å². The summed E-state index contributed by atoms with van der Waals surface area (Å²) in [5.41, 5.74) is 1.52. The number of fused-ring (bicyclic) bond motifs is 7. The third kappa shape index (κ3) is 1.31. The molecule has 4 heteroatoms. The van der Waals surface area contributed by atoms with Gasteiger partial charge in [-0.25, -0.2) is 0 Å². The Kier molecular flexibility index (Phi) is 2.54. The molecule has 4 unspecified atom stereocenters. The van der Waals surface area contributed by atoms with Crippen molar-refractivity contribution in [1.29, 1.82) is 0 Å². The molecule has 2 aromatic rings. The van der Waals surface area contributed by atoms with Crippen LogP contribution >= 0.6 is 0 Å². The molecule has 0 saturated heterocycles. The number of aliphatic carboxylic acids is 1. The Morgan fingerprint density at radius 1 is 1.00 bits per heavy atom. The van der Waals surface area contributed by atoms with Crippen molar-refractivity contribution < 1.29 is 19.4 Å². The van der Waals surface area contributed by atoms with E-state index in [1.807, 2.05) is 48.5 Å². The maximum atomic E-state index is 13.2. The van der Waals surface area contributed by atoms with Crippen molar-refractivity contribution in [3.05, 3.63) is 70.8 Å². The van der Waals surface area contributed by atoms with Gasteiger partial charge in [-0.3, -0.25) is 9.59 Å². The zero-order valence-electron chi connectivity index (χ0n) is 14.0. The molecule has 4 atom stereocenters. The first-order valence-corrected chi connectivity index (χ1v) is 8.61. The highest BCUT2D eigenvalue weighted by Gasteiger charge is 2.94. The monoisotopic (exact) mass is 334 g/mol. The van der Waals surface area contributed by atoms with Gasteiger partial charge in [0.15, 0.2) is 0 Å². The second kappa shape index (κ2) is 4.31. The molecule has 5 rings (SSSR count). The lowest BCUT2D eigenvalue weighted by Gasteiger charge is -2.22. The van der Waals surface area contributed by atoms with Gasteiger partial charge in [0.2, 0.25) is 0 Å². The summed E-state index contributed by atoms with van der Waals surface area (Å²) in [6, 6.07) is 15.5. The van der Waals surface area contributed by atoms with E-state index in [1.54, 1.807) is 13.8 Å². The van der Waals surface area contributed by atoms with E-state index >= 15 is 0 Å².